The molecule has 2 aliphatic heterocycles. The number of ether oxygens (including phenoxy) is 4. The number of piperidine rings is 1. The molecule has 9 nitrogen and oxygen atoms in total. The Balaban J connectivity index is 1.18. The van der Waals surface area contributed by atoms with Crippen molar-refractivity contribution in [3.05, 3.63) is 23.3 Å². The van der Waals surface area contributed by atoms with Crippen LogP contribution in [-0.2, 0) is 9.47 Å². The van der Waals surface area contributed by atoms with E-state index in [2.05, 4.69) is 10.2 Å². The van der Waals surface area contributed by atoms with Gasteiger partial charge in [0.2, 0.25) is 0 Å². The fourth-order valence-corrected chi connectivity index (χ4v) is 5.44. The van der Waals surface area contributed by atoms with Crippen LogP contribution in [0.5, 0.6) is 11.5 Å². The van der Waals surface area contributed by atoms with Gasteiger partial charge in [0.15, 0.2) is 0 Å². The number of hydrogen-bond acceptors (Lipinski definition) is 8. The molecule has 1 aromatic carbocycles. The lowest BCUT2D eigenvalue weighted by Gasteiger charge is -2.32. The third kappa shape index (κ3) is 10.2. The van der Waals surface area contributed by atoms with Crippen molar-refractivity contribution in [3.63, 3.8) is 0 Å². The number of carbonyl (C=O) groups is 2. The molecule has 2 heterocycles. The van der Waals surface area contributed by atoms with E-state index >= 15 is 0 Å². The van der Waals surface area contributed by atoms with Crippen molar-refractivity contribution in [2.45, 2.75) is 95.6 Å². The summed E-state index contributed by atoms with van der Waals surface area (Å²) in [4.78, 5) is 26.8. The van der Waals surface area contributed by atoms with E-state index < -0.39 is 0 Å². The third-order valence-electron chi connectivity index (χ3n) is 7.75. The molecular weight excluding hydrogens is 500 g/mol. The van der Waals surface area contributed by atoms with E-state index in [-0.39, 0.29) is 30.8 Å². The Bertz CT molecular complexity index is 886. The van der Waals surface area contributed by atoms with Crippen LogP contribution in [0, 0.1) is 0 Å². The Labute approximate surface area is 233 Å². The van der Waals surface area contributed by atoms with Crippen LogP contribution in [0.3, 0.4) is 0 Å². The number of alkyl carbamates (subject to hydrolysis) is 1. The molecule has 1 amide bonds. The summed E-state index contributed by atoms with van der Waals surface area (Å²) in [6.45, 7) is 3.78. The first-order valence-corrected chi connectivity index (χ1v) is 14.8. The zero-order chi connectivity index (χ0) is 27.9. The molecule has 1 aromatic rings. The summed E-state index contributed by atoms with van der Waals surface area (Å²) in [5, 5.41) is 11.8. The van der Waals surface area contributed by atoms with Crippen LogP contribution < -0.4 is 14.8 Å². The number of cyclic esters (lactones) is 1. The normalized spacial score (nSPS) is 17.5. The minimum Gasteiger partial charge on any atom is -0.497 e. The van der Waals surface area contributed by atoms with Gasteiger partial charge in [0.05, 0.1) is 20.8 Å². The van der Waals surface area contributed by atoms with Gasteiger partial charge in [-0.1, -0.05) is 32.1 Å². The summed E-state index contributed by atoms with van der Waals surface area (Å²) >= 11 is 0. The Hall–Kier alpha value is -2.52. The lowest BCUT2D eigenvalue weighted by atomic mass is 9.98. The summed E-state index contributed by atoms with van der Waals surface area (Å²) in [5.41, 5.74) is 1.41. The molecule has 1 atom stereocenters. The number of nitrogens with one attached hydrogen (secondary N) is 1. The van der Waals surface area contributed by atoms with E-state index in [1.54, 1.807) is 20.3 Å². The minimum absolute atomic E-state index is 0.191. The van der Waals surface area contributed by atoms with Gasteiger partial charge >= 0.3 is 12.1 Å². The summed E-state index contributed by atoms with van der Waals surface area (Å²) in [7, 11) is 3.17. The number of esters is 1. The molecular formula is C30H48N2O7. The first-order valence-electron chi connectivity index (χ1n) is 14.8. The smallest absolute Gasteiger partial charge is 0.407 e. The summed E-state index contributed by atoms with van der Waals surface area (Å²) in [6.07, 6.45) is 13.0. The number of carbonyl (C=O) groups excluding carboxylic acids is 2. The van der Waals surface area contributed by atoms with E-state index in [0.29, 0.717) is 23.7 Å². The van der Waals surface area contributed by atoms with Crippen molar-refractivity contribution in [2.75, 3.05) is 47.1 Å². The number of amides is 1. The van der Waals surface area contributed by atoms with Crippen LogP contribution >= 0.6 is 0 Å². The zero-order valence-corrected chi connectivity index (χ0v) is 23.9. The Morgan fingerprint density at radius 1 is 0.974 bits per heavy atom. The topological polar surface area (TPSA) is 107 Å². The van der Waals surface area contributed by atoms with Crippen LogP contribution in [0.25, 0.3) is 0 Å². The van der Waals surface area contributed by atoms with Gasteiger partial charge < -0.3 is 34.3 Å². The molecule has 3 rings (SSSR count). The van der Waals surface area contributed by atoms with Gasteiger partial charge in [-0.05, 0) is 64.0 Å². The first-order chi connectivity index (χ1) is 19.0. The highest BCUT2D eigenvalue weighted by Crippen LogP contribution is 2.41. The standard InChI is InChI=1S/C30H48N2O7/c1-36-24-21-25-26(39-29(34)28(25)27(22-24)37-2)13-9-6-4-3-5-7-10-16-32-17-14-23(15-18-32)31-30(35)38-20-12-8-11-19-33/h21-23,26,33H,3-20H2,1-2H3,(H,31,35). The molecule has 0 radical (unpaired) electrons. The molecule has 2 aliphatic rings. The van der Waals surface area contributed by atoms with Gasteiger partial charge in [0, 0.05) is 37.4 Å². The molecule has 9 heteroatoms. The fourth-order valence-electron chi connectivity index (χ4n) is 5.44. The van der Waals surface area contributed by atoms with E-state index in [9.17, 15) is 9.59 Å². The molecule has 39 heavy (non-hydrogen) atoms. The number of aliphatic hydroxyl groups is 1. The number of unbranched alkanes of at least 4 members (excludes halogenated alkanes) is 8. The minimum atomic E-state index is -0.313. The second-order valence-electron chi connectivity index (χ2n) is 10.6. The molecule has 0 bridgehead atoms. The van der Waals surface area contributed by atoms with Crippen molar-refractivity contribution in [1.82, 2.24) is 10.2 Å². The largest absolute Gasteiger partial charge is 0.497 e. The van der Waals surface area contributed by atoms with Crippen LogP contribution in [0.2, 0.25) is 0 Å². The molecule has 0 aliphatic carbocycles. The molecule has 1 saturated heterocycles. The molecule has 0 saturated carbocycles. The molecule has 1 fully saturated rings. The fraction of sp³-hybridized carbons (Fsp3) is 0.733. The number of likely N-dealkylation sites (tertiary alicyclic amines) is 1. The molecule has 1 unspecified atom stereocenters. The highest BCUT2D eigenvalue weighted by atomic mass is 16.6. The van der Waals surface area contributed by atoms with Gasteiger partial charge in [-0.3, -0.25) is 0 Å². The molecule has 220 valence electrons. The number of hydrogen-bond donors (Lipinski definition) is 2. The number of rotatable bonds is 18. The number of benzene rings is 1. The lowest BCUT2D eigenvalue weighted by molar-refractivity contribution is 0.0361. The average molecular weight is 549 g/mol. The van der Waals surface area contributed by atoms with E-state index in [1.165, 1.54) is 32.1 Å². The molecule has 0 spiro atoms. The quantitative estimate of drug-likeness (QED) is 0.186. The van der Waals surface area contributed by atoms with Gasteiger partial charge in [-0.2, -0.15) is 0 Å². The second kappa shape index (κ2) is 17.2. The van der Waals surface area contributed by atoms with Gasteiger partial charge in [-0.15, -0.1) is 0 Å². The maximum Gasteiger partial charge on any atom is 0.407 e. The highest BCUT2D eigenvalue weighted by molar-refractivity contribution is 5.97. The number of aliphatic hydroxyl groups excluding tert-OH is 1. The predicted octanol–water partition coefficient (Wildman–Crippen LogP) is 5.39. The zero-order valence-electron chi connectivity index (χ0n) is 23.9. The van der Waals surface area contributed by atoms with E-state index in [1.807, 2.05) is 6.07 Å². The van der Waals surface area contributed by atoms with Crippen molar-refractivity contribution in [2.24, 2.45) is 0 Å². The summed E-state index contributed by atoms with van der Waals surface area (Å²) in [5.74, 6) is 0.884. The van der Waals surface area contributed by atoms with Crippen LogP contribution in [-0.4, -0.2) is 75.2 Å². The molecule has 0 aromatic heterocycles. The van der Waals surface area contributed by atoms with Crippen LogP contribution in [0.4, 0.5) is 4.79 Å². The van der Waals surface area contributed by atoms with Crippen molar-refractivity contribution >= 4 is 12.1 Å². The average Bonchev–Trinajstić information content (AvgIpc) is 3.27. The van der Waals surface area contributed by atoms with E-state index in [0.717, 1.165) is 76.6 Å². The summed E-state index contributed by atoms with van der Waals surface area (Å²) < 4.78 is 21.6. The van der Waals surface area contributed by atoms with Gasteiger partial charge in [0.1, 0.15) is 23.2 Å². The number of fused-ring (bicyclic) bond motifs is 1. The predicted molar refractivity (Wildman–Crippen MR) is 150 cm³/mol. The Morgan fingerprint density at radius 2 is 1.67 bits per heavy atom. The molecule has 2 N–H and O–H groups in total. The lowest BCUT2D eigenvalue weighted by Crippen LogP contribution is -2.45. The van der Waals surface area contributed by atoms with Gasteiger partial charge in [-0.25, -0.2) is 9.59 Å². The monoisotopic (exact) mass is 548 g/mol. The highest BCUT2D eigenvalue weighted by Gasteiger charge is 2.34. The second-order valence-corrected chi connectivity index (χ2v) is 10.6. The van der Waals surface area contributed by atoms with Crippen molar-refractivity contribution in [1.29, 1.82) is 0 Å². The number of nitrogens with zero attached hydrogens (tertiary/aromatic N) is 1. The maximum atomic E-state index is 12.4. The van der Waals surface area contributed by atoms with Crippen molar-refractivity contribution in [3.8, 4) is 11.5 Å². The maximum absolute atomic E-state index is 12.4. The van der Waals surface area contributed by atoms with Gasteiger partial charge in [0.25, 0.3) is 0 Å². The first kappa shape index (κ1) is 31.0. The Morgan fingerprint density at radius 3 is 2.36 bits per heavy atom. The van der Waals surface area contributed by atoms with E-state index in [4.69, 9.17) is 24.1 Å². The van der Waals surface area contributed by atoms with Crippen LogP contribution in [0.15, 0.2) is 12.1 Å². The number of methoxy groups -OCH3 is 2. The van der Waals surface area contributed by atoms with Crippen LogP contribution in [0.1, 0.15) is 105 Å². The third-order valence-corrected chi connectivity index (χ3v) is 7.75. The SMILES string of the molecule is COc1cc(OC)c2c(c1)C(CCCCCCCCCN1CCC(NC(=O)OCCCCCO)CC1)OC2=O. The summed E-state index contributed by atoms with van der Waals surface area (Å²) in [6, 6.07) is 3.83. The Kier molecular flexibility index (Phi) is 13.7. The van der Waals surface area contributed by atoms with Crippen molar-refractivity contribution < 1.29 is 33.6 Å².